The van der Waals surface area contributed by atoms with Crippen LogP contribution in [0.5, 0.6) is 0 Å². The minimum absolute atomic E-state index is 0.869. The summed E-state index contributed by atoms with van der Waals surface area (Å²) < 4.78 is 2.40. The highest BCUT2D eigenvalue weighted by atomic mass is 79.9. The van der Waals surface area contributed by atoms with Gasteiger partial charge in [0.25, 0.3) is 0 Å². The Morgan fingerprint density at radius 2 is 2.23 bits per heavy atom. The molecule has 0 aliphatic heterocycles. The summed E-state index contributed by atoms with van der Waals surface area (Å²) in [6.07, 6.45) is 2.07. The van der Waals surface area contributed by atoms with Crippen molar-refractivity contribution in [3.63, 3.8) is 0 Å². The summed E-state index contributed by atoms with van der Waals surface area (Å²) in [4.78, 5) is 1.25. The Kier molecular flexibility index (Phi) is 2.53. The Labute approximate surface area is 93.4 Å². The van der Waals surface area contributed by atoms with Gasteiger partial charge in [-0.05, 0) is 40.4 Å². The maximum absolute atomic E-state index is 5.74. The Hall–Kier alpha value is -0.190. The molecule has 0 aliphatic rings. The molecule has 0 aliphatic carbocycles. The van der Waals surface area contributed by atoms with Gasteiger partial charge in [-0.1, -0.05) is 0 Å². The third kappa shape index (κ3) is 1.58. The van der Waals surface area contributed by atoms with Crippen LogP contribution in [-0.2, 0) is 0 Å². The number of thioether (sulfide) groups is 1. The zero-order valence-electron chi connectivity index (χ0n) is 7.00. The van der Waals surface area contributed by atoms with Crippen LogP contribution < -0.4 is 5.73 Å². The van der Waals surface area contributed by atoms with Crippen LogP contribution in [0.1, 0.15) is 0 Å². The number of benzene rings is 1. The Morgan fingerprint density at radius 1 is 1.46 bits per heavy atom. The summed E-state index contributed by atoms with van der Waals surface area (Å²) in [5.74, 6) is 0. The molecule has 0 radical (unpaired) electrons. The molecule has 4 heteroatoms. The number of halogens is 1. The van der Waals surface area contributed by atoms with Crippen molar-refractivity contribution >= 4 is 54.1 Å². The lowest BCUT2D eigenvalue weighted by molar-refractivity contribution is 1.47. The molecule has 13 heavy (non-hydrogen) atoms. The number of hydrogen-bond donors (Lipinski definition) is 1. The second-order valence-corrected chi connectivity index (χ2v) is 5.40. The van der Waals surface area contributed by atoms with Gasteiger partial charge in [0.05, 0.1) is 5.00 Å². The van der Waals surface area contributed by atoms with Crippen LogP contribution in [0, 0.1) is 0 Å². The number of rotatable bonds is 1. The number of anilines is 1. The standard InChI is InChI=1S/C9H8BrNS2/c1-12-7-3-2-6-5(9(7)10)4-8(11)13-6/h2-4H,11H2,1H3. The predicted molar refractivity (Wildman–Crippen MR) is 65.7 cm³/mol. The molecular weight excluding hydrogens is 266 g/mol. The van der Waals surface area contributed by atoms with Gasteiger partial charge >= 0.3 is 0 Å². The van der Waals surface area contributed by atoms with Crippen molar-refractivity contribution < 1.29 is 0 Å². The fourth-order valence-electron chi connectivity index (χ4n) is 1.24. The van der Waals surface area contributed by atoms with Crippen molar-refractivity contribution in [2.24, 2.45) is 0 Å². The van der Waals surface area contributed by atoms with E-state index in [9.17, 15) is 0 Å². The molecule has 0 atom stereocenters. The molecule has 0 bridgehead atoms. The van der Waals surface area contributed by atoms with Crippen LogP contribution in [0.2, 0.25) is 0 Å². The van der Waals surface area contributed by atoms with E-state index in [1.165, 1.54) is 15.0 Å². The molecule has 1 nitrogen and oxygen atoms in total. The molecule has 1 heterocycles. The third-order valence-electron chi connectivity index (χ3n) is 1.84. The molecule has 0 amide bonds. The van der Waals surface area contributed by atoms with Crippen LogP contribution in [0.3, 0.4) is 0 Å². The molecule has 0 spiro atoms. The number of thiophene rings is 1. The van der Waals surface area contributed by atoms with E-state index in [1.807, 2.05) is 6.07 Å². The largest absolute Gasteiger partial charge is 0.391 e. The van der Waals surface area contributed by atoms with Gasteiger partial charge in [0.15, 0.2) is 0 Å². The van der Waals surface area contributed by atoms with Crippen LogP contribution in [-0.4, -0.2) is 6.26 Å². The minimum atomic E-state index is 0.869. The summed E-state index contributed by atoms with van der Waals surface area (Å²) in [5, 5.41) is 2.09. The van der Waals surface area contributed by atoms with Crippen molar-refractivity contribution in [1.82, 2.24) is 0 Å². The molecule has 2 N–H and O–H groups in total. The van der Waals surface area contributed by atoms with E-state index >= 15 is 0 Å². The van der Waals surface area contributed by atoms with E-state index in [1.54, 1.807) is 23.1 Å². The number of nitrogens with two attached hydrogens (primary N) is 1. The molecule has 2 aromatic rings. The van der Waals surface area contributed by atoms with Gasteiger partial charge in [0.2, 0.25) is 0 Å². The topological polar surface area (TPSA) is 26.0 Å². The minimum Gasteiger partial charge on any atom is -0.391 e. The van der Waals surface area contributed by atoms with Crippen LogP contribution in [0.4, 0.5) is 5.00 Å². The van der Waals surface area contributed by atoms with E-state index in [-0.39, 0.29) is 0 Å². The molecular formula is C9H8BrNS2. The van der Waals surface area contributed by atoms with Crippen molar-refractivity contribution in [2.75, 3.05) is 12.0 Å². The first-order valence-corrected chi connectivity index (χ1v) is 6.57. The fourth-order valence-corrected chi connectivity index (χ4v) is 3.64. The summed E-state index contributed by atoms with van der Waals surface area (Å²) >= 11 is 6.95. The maximum Gasteiger partial charge on any atom is 0.0869 e. The second-order valence-electron chi connectivity index (χ2n) is 2.64. The van der Waals surface area contributed by atoms with Gasteiger partial charge in [-0.3, -0.25) is 0 Å². The lowest BCUT2D eigenvalue weighted by Gasteiger charge is -2.00. The second kappa shape index (κ2) is 3.52. The summed E-state index contributed by atoms with van der Waals surface area (Å²) in [6, 6.07) is 6.25. The highest BCUT2D eigenvalue weighted by molar-refractivity contribution is 9.10. The first-order valence-electron chi connectivity index (χ1n) is 3.74. The van der Waals surface area contributed by atoms with Crippen molar-refractivity contribution in [1.29, 1.82) is 0 Å². The normalized spacial score (nSPS) is 10.9. The molecule has 0 fully saturated rings. The van der Waals surface area contributed by atoms with E-state index < -0.39 is 0 Å². The third-order valence-corrected chi connectivity index (χ3v) is 4.66. The summed E-state index contributed by atoms with van der Waals surface area (Å²) in [5.41, 5.74) is 5.74. The molecule has 0 unspecified atom stereocenters. The van der Waals surface area contributed by atoms with Crippen LogP contribution >= 0.6 is 39.0 Å². The van der Waals surface area contributed by atoms with Gasteiger partial charge in [0.1, 0.15) is 0 Å². The number of hydrogen-bond acceptors (Lipinski definition) is 3. The SMILES string of the molecule is CSc1ccc2sc(N)cc2c1Br. The first-order chi connectivity index (χ1) is 6.22. The Balaban J connectivity index is 2.78. The van der Waals surface area contributed by atoms with E-state index in [2.05, 4.69) is 34.3 Å². The molecule has 1 aromatic heterocycles. The lowest BCUT2D eigenvalue weighted by Crippen LogP contribution is -1.74. The average molecular weight is 274 g/mol. The first kappa shape index (κ1) is 9.37. The highest BCUT2D eigenvalue weighted by Crippen LogP contribution is 2.37. The van der Waals surface area contributed by atoms with Gasteiger partial charge in [-0.25, -0.2) is 0 Å². The summed E-state index contributed by atoms with van der Waals surface area (Å²) in [6.45, 7) is 0. The number of fused-ring (bicyclic) bond motifs is 1. The average Bonchev–Trinajstić information content (AvgIpc) is 2.47. The number of nitrogen functional groups attached to an aromatic ring is 1. The molecule has 0 saturated heterocycles. The van der Waals surface area contributed by atoms with Gasteiger partial charge in [0, 0.05) is 19.5 Å². The van der Waals surface area contributed by atoms with Crippen molar-refractivity contribution in [3.05, 3.63) is 22.7 Å². The van der Waals surface area contributed by atoms with Gasteiger partial charge in [-0.2, -0.15) is 0 Å². The monoisotopic (exact) mass is 273 g/mol. The lowest BCUT2D eigenvalue weighted by atomic mass is 10.3. The summed E-state index contributed by atoms with van der Waals surface area (Å²) in [7, 11) is 0. The van der Waals surface area contributed by atoms with Crippen molar-refractivity contribution in [2.45, 2.75) is 4.90 Å². The zero-order chi connectivity index (χ0) is 9.42. The molecule has 1 aromatic carbocycles. The van der Waals surface area contributed by atoms with Crippen molar-refractivity contribution in [3.8, 4) is 0 Å². The molecule has 68 valence electrons. The van der Waals surface area contributed by atoms with Gasteiger partial charge in [-0.15, -0.1) is 23.1 Å². The molecule has 0 saturated carbocycles. The quantitative estimate of drug-likeness (QED) is 0.796. The fraction of sp³-hybridized carbons (Fsp3) is 0.111. The predicted octanol–water partition coefficient (Wildman–Crippen LogP) is 3.97. The molecule has 2 rings (SSSR count). The highest BCUT2D eigenvalue weighted by Gasteiger charge is 2.06. The van der Waals surface area contributed by atoms with Crippen LogP contribution in [0.15, 0.2) is 27.6 Å². The maximum atomic E-state index is 5.74. The van der Waals surface area contributed by atoms with E-state index in [0.29, 0.717) is 0 Å². The smallest absolute Gasteiger partial charge is 0.0869 e. The Morgan fingerprint density at radius 3 is 2.92 bits per heavy atom. The van der Waals surface area contributed by atoms with Gasteiger partial charge < -0.3 is 5.73 Å². The van der Waals surface area contributed by atoms with E-state index in [4.69, 9.17) is 5.73 Å². The Bertz CT molecular complexity index is 450. The van der Waals surface area contributed by atoms with Crippen LogP contribution in [0.25, 0.3) is 10.1 Å². The van der Waals surface area contributed by atoms with E-state index in [0.717, 1.165) is 9.47 Å². The zero-order valence-corrected chi connectivity index (χ0v) is 10.2.